The average molecular weight is 273 g/mol. The minimum Gasteiger partial charge on any atom is -0.378 e. The molecule has 1 unspecified atom stereocenters. The molecule has 2 aliphatic rings. The summed E-state index contributed by atoms with van der Waals surface area (Å²) in [5.74, 6) is -0.308. The minimum atomic E-state index is -0.362. The normalized spacial score (nSPS) is 21.7. The second kappa shape index (κ2) is 5.50. The summed E-state index contributed by atoms with van der Waals surface area (Å²) in [4.78, 5) is 25.7. The molecule has 0 saturated carbocycles. The molecule has 1 fully saturated rings. The Kier molecular flexibility index (Phi) is 3.56. The van der Waals surface area contributed by atoms with Crippen molar-refractivity contribution in [3.63, 3.8) is 0 Å². The third-order valence-corrected chi connectivity index (χ3v) is 3.57. The number of ether oxygens (including phenoxy) is 1. The summed E-state index contributed by atoms with van der Waals surface area (Å²) in [5, 5.41) is 7.62. The van der Waals surface area contributed by atoms with Gasteiger partial charge in [-0.1, -0.05) is 18.2 Å². The molecule has 2 aliphatic heterocycles. The molecule has 1 aromatic rings. The third-order valence-electron chi connectivity index (χ3n) is 3.57. The molecular formula is C14H15N3O3. The average Bonchev–Trinajstić information content (AvgIpc) is 2.51. The molecule has 0 N–H and O–H groups in total. The van der Waals surface area contributed by atoms with Crippen LogP contribution in [-0.4, -0.2) is 43.0 Å². The van der Waals surface area contributed by atoms with Crippen molar-refractivity contribution in [3.05, 3.63) is 35.4 Å². The monoisotopic (exact) mass is 273 g/mol. The highest BCUT2D eigenvalue weighted by atomic mass is 16.5. The molecule has 104 valence electrons. The SMILES string of the molecule is O=C1N=NC(CC(=O)N2CCOCC2)c2ccccc21. The first-order valence-corrected chi connectivity index (χ1v) is 6.65. The van der Waals surface area contributed by atoms with Gasteiger partial charge in [-0.15, -0.1) is 5.11 Å². The topological polar surface area (TPSA) is 71.3 Å². The summed E-state index contributed by atoms with van der Waals surface area (Å²) in [5.41, 5.74) is 1.33. The van der Waals surface area contributed by atoms with Crippen LogP contribution in [0.1, 0.15) is 28.4 Å². The van der Waals surface area contributed by atoms with E-state index in [0.717, 1.165) is 5.56 Å². The molecule has 0 bridgehead atoms. The van der Waals surface area contributed by atoms with Crippen LogP contribution in [0.3, 0.4) is 0 Å². The van der Waals surface area contributed by atoms with Crippen LogP contribution in [0.4, 0.5) is 0 Å². The van der Waals surface area contributed by atoms with Crippen molar-refractivity contribution in [1.29, 1.82) is 0 Å². The van der Waals surface area contributed by atoms with Crippen LogP contribution in [0.25, 0.3) is 0 Å². The first kappa shape index (κ1) is 12.9. The Morgan fingerprint density at radius 2 is 2.05 bits per heavy atom. The Morgan fingerprint density at radius 1 is 1.30 bits per heavy atom. The molecule has 1 aromatic carbocycles. The van der Waals surface area contributed by atoms with Gasteiger partial charge in [0, 0.05) is 18.7 Å². The van der Waals surface area contributed by atoms with Crippen LogP contribution < -0.4 is 0 Å². The van der Waals surface area contributed by atoms with Crippen molar-refractivity contribution in [3.8, 4) is 0 Å². The predicted octanol–water partition coefficient (Wildman–Crippen LogP) is 1.58. The zero-order valence-electron chi connectivity index (χ0n) is 11.0. The molecule has 6 heteroatoms. The lowest BCUT2D eigenvalue weighted by Crippen LogP contribution is -2.41. The van der Waals surface area contributed by atoms with Crippen molar-refractivity contribution in [1.82, 2.24) is 4.90 Å². The van der Waals surface area contributed by atoms with Gasteiger partial charge in [0.25, 0.3) is 5.91 Å². The fourth-order valence-corrected chi connectivity index (χ4v) is 2.48. The fraction of sp³-hybridized carbons (Fsp3) is 0.429. The molecule has 0 aromatic heterocycles. The summed E-state index contributed by atoms with van der Waals surface area (Å²) in [6.45, 7) is 2.38. The van der Waals surface area contributed by atoms with E-state index in [4.69, 9.17) is 4.74 Å². The standard InChI is InChI=1S/C14H15N3O3/c18-13(17-5-7-20-8-6-17)9-12-10-3-1-2-4-11(10)14(19)16-15-12/h1-4,12H,5-9H2. The van der Waals surface area contributed by atoms with E-state index in [1.54, 1.807) is 17.0 Å². The Labute approximate surface area is 116 Å². The zero-order valence-corrected chi connectivity index (χ0v) is 11.0. The van der Waals surface area contributed by atoms with Gasteiger partial charge < -0.3 is 9.64 Å². The van der Waals surface area contributed by atoms with E-state index < -0.39 is 0 Å². The van der Waals surface area contributed by atoms with Gasteiger partial charge in [-0.05, 0) is 11.6 Å². The van der Waals surface area contributed by atoms with Crippen molar-refractivity contribution >= 4 is 11.8 Å². The first-order chi connectivity index (χ1) is 9.75. The van der Waals surface area contributed by atoms with Gasteiger partial charge in [0.15, 0.2) is 0 Å². The lowest BCUT2D eigenvalue weighted by atomic mass is 9.96. The second-order valence-corrected chi connectivity index (χ2v) is 4.82. The Balaban J connectivity index is 1.76. The minimum absolute atomic E-state index is 0.0291. The van der Waals surface area contributed by atoms with E-state index in [-0.39, 0.29) is 24.3 Å². The van der Waals surface area contributed by atoms with Gasteiger partial charge in [0.2, 0.25) is 5.91 Å². The summed E-state index contributed by atoms with van der Waals surface area (Å²) >= 11 is 0. The maximum absolute atomic E-state index is 12.2. The number of nitrogens with zero attached hydrogens (tertiary/aromatic N) is 3. The summed E-state index contributed by atoms with van der Waals surface area (Å²) in [7, 11) is 0. The molecule has 1 atom stereocenters. The van der Waals surface area contributed by atoms with Crippen molar-refractivity contribution in [2.45, 2.75) is 12.5 Å². The molecule has 0 spiro atoms. The summed E-state index contributed by atoms with van der Waals surface area (Å²) in [6, 6.07) is 6.83. The number of hydrogen-bond acceptors (Lipinski definition) is 4. The van der Waals surface area contributed by atoms with Crippen LogP contribution in [0.2, 0.25) is 0 Å². The maximum Gasteiger partial charge on any atom is 0.295 e. The summed E-state index contributed by atoms with van der Waals surface area (Å²) in [6.07, 6.45) is 0.244. The Hall–Kier alpha value is -2.08. The number of amides is 2. The molecule has 1 saturated heterocycles. The van der Waals surface area contributed by atoms with Gasteiger partial charge in [-0.3, -0.25) is 9.59 Å². The van der Waals surface area contributed by atoms with Gasteiger partial charge in [-0.2, -0.15) is 5.11 Å². The summed E-state index contributed by atoms with van der Waals surface area (Å²) < 4.78 is 5.23. The molecular weight excluding hydrogens is 258 g/mol. The molecule has 0 radical (unpaired) electrons. The molecule has 2 heterocycles. The number of benzene rings is 1. The molecule has 20 heavy (non-hydrogen) atoms. The van der Waals surface area contributed by atoms with Crippen molar-refractivity contribution in [2.24, 2.45) is 10.2 Å². The van der Waals surface area contributed by atoms with Crippen LogP contribution in [-0.2, 0) is 9.53 Å². The van der Waals surface area contributed by atoms with Gasteiger partial charge in [0.1, 0.15) is 6.04 Å². The lowest BCUT2D eigenvalue weighted by molar-refractivity contribution is -0.135. The maximum atomic E-state index is 12.2. The molecule has 6 nitrogen and oxygen atoms in total. The van der Waals surface area contributed by atoms with E-state index in [2.05, 4.69) is 10.2 Å². The molecule has 0 aliphatic carbocycles. The third kappa shape index (κ3) is 2.46. The number of rotatable bonds is 2. The van der Waals surface area contributed by atoms with Gasteiger partial charge in [0.05, 0.1) is 19.6 Å². The van der Waals surface area contributed by atoms with E-state index in [1.165, 1.54) is 0 Å². The largest absolute Gasteiger partial charge is 0.378 e. The van der Waals surface area contributed by atoms with E-state index in [1.807, 2.05) is 12.1 Å². The molecule has 3 rings (SSSR count). The first-order valence-electron chi connectivity index (χ1n) is 6.65. The van der Waals surface area contributed by atoms with Crippen LogP contribution in [0.15, 0.2) is 34.5 Å². The van der Waals surface area contributed by atoms with Gasteiger partial charge in [-0.25, -0.2) is 0 Å². The number of azo groups is 1. The Bertz CT molecular complexity index is 565. The number of carbonyl (C=O) groups excluding carboxylic acids is 2. The number of morpholine rings is 1. The smallest absolute Gasteiger partial charge is 0.295 e. The van der Waals surface area contributed by atoms with Crippen molar-refractivity contribution < 1.29 is 14.3 Å². The number of carbonyl (C=O) groups is 2. The van der Waals surface area contributed by atoms with Crippen LogP contribution in [0, 0.1) is 0 Å². The number of hydrogen-bond donors (Lipinski definition) is 0. The zero-order chi connectivity index (χ0) is 13.9. The van der Waals surface area contributed by atoms with E-state index in [0.29, 0.717) is 31.9 Å². The quantitative estimate of drug-likeness (QED) is 0.821. The predicted molar refractivity (Wildman–Crippen MR) is 70.4 cm³/mol. The number of fused-ring (bicyclic) bond motifs is 1. The Morgan fingerprint density at radius 3 is 2.85 bits per heavy atom. The highest BCUT2D eigenvalue weighted by Gasteiger charge is 2.27. The van der Waals surface area contributed by atoms with Crippen LogP contribution >= 0.6 is 0 Å². The second-order valence-electron chi connectivity index (χ2n) is 4.82. The van der Waals surface area contributed by atoms with Crippen molar-refractivity contribution in [2.75, 3.05) is 26.3 Å². The highest BCUT2D eigenvalue weighted by Crippen LogP contribution is 2.30. The van der Waals surface area contributed by atoms with E-state index in [9.17, 15) is 9.59 Å². The van der Waals surface area contributed by atoms with Crippen LogP contribution in [0.5, 0.6) is 0 Å². The lowest BCUT2D eigenvalue weighted by Gasteiger charge is -2.28. The molecule has 2 amide bonds. The highest BCUT2D eigenvalue weighted by molar-refractivity contribution is 5.97. The van der Waals surface area contributed by atoms with Gasteiger partial charge >= 0.3 is 0 Å². The van der Waals surface area contributed by atoms with E-state index >= 15 is 0 Å². The fourth-order valence-electron chi connectivity index (χ4n) is 2.48.